The van der Waals surface area contributed by atoms with Crippen LogP contribution in [0, 0.1) is 6.92 Å². The standard InChI is InChI=1S/C9H14N4OS/c1-6-11-8(14-13-6)4-5-10-9(15)12-7-2-3-7/h7H,2-5H2,1H3,(H2,10,12,15). The molecule has 5 nitrogen and oxygen atoms in total. The topological polar surface area (TPSA) is 63.0 Å². The van der Waals surface area contributed by atoms with E-state index >= 15 is 0 Å². The van der Waals surface area contributed by atoms with Crippen LogP contribution in [-0.4, -0.2) is 27.8 Å². The molecule has 0 saturated heterocycles. The van der Waals surface area contributed by atoms with Crippen LogP contribution in [0.25, 0.3) is 0 Å². The van der Waals surface area contributed by atoms with E-state index in [4.69, 9.17) is 16.7 Å². The molecule has 0 radical (unpaired) electrons. The normalized spacial score (nSPS) is 15.0. The molecule has 1 saturated carbocycles. The average molecular weight is 226 g/mol. The van der Waals surface area contributed by atoms with Gasteiger partial charge in [0.1, 0.15) is 0 Å². The van der Waals surface area contributed by atoms with Crippen molar-refractivity contribution in [1.82, 2.24) is 20.8 Å². The maximum absolute atomic E-state index is 5.10. The molecule has 15 heavy (non-hydrogen) atoms. The molecule has 0 bridgehead atoms. The van der Waals surface area contributed by atoms with Gasteiger partial charge in [-0.1, -0.05) is 5.16 Å². The first-order valence-electron chi connectivity index (χ1n) is 5.07. The highest BCUT2D eigenvalue weighted by molar-refractivity contribution is 7.80. The van der Waals surface area contributed by atoms with Gasteiger partial charge in [-0.2, -0.15) is 4.98 Å². The zero-order valence-corrected chi connectivity index (χ0v) is 9.43. The molecule has 6 heteroatoms. The maximum Gasteiger partial charge on any atom is 0.228 e. The molecule has 82 valence electrons. The van der Waals surface area contributed by atoms with Crippen molar-refractivity contribution < 1.29 is 4.52 Å². The summed E-state index contributed by atoms with van der Waals surface area (Å²) in [5, 5.41) is 10.7. The van der Waals surface area contributed by atoms with Crippen LogP contribution in [0.15, 0.2) is 4.52 Å². The van der Waals surface area contributed by atoms with Crippen molar-refractivity contribution >= 4 is 17.3 Å². The Morgan fingerprint density at radius 2 is 2.40 bits per heavy atom. The Labute approximate surface area is 93.6 Å². The second-order valence-electron chi connectivity index (χ2n) is 3.66. The fraction of sp³-hybridized carbons (Fsp3) is 0.667. The SMILES string of the molecule is Cc1noc(CCNC(=S)NC2CC2)n1. The number of aryl methyl sites for hydroxylation is 1. The van der Waals surface area contributed by atoms with E-state index < -0.39 is 0 Å². The highest BCUT2D eigenvalue weighted by Crippen LogP contribution is 2.18. The van der Waals surface area contributed by atoms with Gasteiger partial charge in [-0.3, -0.25) is 0 Å². The number of thiocarbonyl (C=S) groups is 1. The molecule has 1 aromatic rings. The van der Waals surface area contributed by atoms with Gasteiger partial charge in [0.05, 0.1) is 0 Å². The second kappa shape index (κ2) is 4.57. The summed E-state index contributed by atoms with van der Waals surface area (Å²) in [6.07, 6.45) is 3.16. The lowest BCUT2D eigenvalue weighted by Crippen LogP contribution is -2.37. The van der Waals surface area contributed by atoms with E-state index in [9.17, 15) is 0 Å². The van der Waals surface area contributed by atoms with Crippen LogP contribution in [0.5, 0.6) is 0 Å². The van der Waals surface area contributed by atoms with Gasteiger partial charge in [-0.05, 0) is 32.0 Å². The molecule has 0 aromatic carbocycles. The number of hydrogen-bond acceptors (Lipinski definition) is 4. The second-order valence-corrected chi connectivity index (χ2v) is 4.07. The first kappa shape index (κ1) is 10.4. The molecule has 1 aliphatic carbocycles. The zero-order chi connectivity index (χ0) is 10.7. The van der Waals surface area contributed by atoms with Gasteiger partial charge < -0.3 is 15.2 Å². The highest BCUT2D eigenvalue weighted by Gasteiger charge is 2.21. The Morgan fingerprint density at radius 3 is 3.00 bits per heavy atom. The molecule has 2 N–H and O–H groups in total. The monoisotopic (exact) mass is 226 g/mol. The molecule has 1 fully saturated rings. The van der Waals surface area contributed by atoms with Crippen molar-refractivity contribution in [3.8, 4) is 0 Å². The summed E-state index contributed by atoms with van der Waals surface area (Å²) in [6, 6.07) is 0.593. The summed E-state index contributed by atoms with van der Waals surface area (Å²) < 4.78 is 4.97. The third-order valence-electron chi connectivity index (χ3n) is 2.11. The lowest BCUT2D eigenvalue weighted by Gasteiger charge is -2.07. The largest absolute Gasteiger partial charge is 0.362 e. The van der Waals surface area contributed by atoms with Gasteiger partial charge in [0, 0.05) is 19.0 Å². The molecule has 1 heterocycles. The van der Waals surface area contributed by atoms with Crippen LogP contribution in [0.2, 0.25) is 0 Å². The fourth-order valence-corrected chi connectivity index (χ4v) is 1.46. The Morgan fingerprint density at radius 1 is 1.60 bits per heavy atom. The van der Waals surface area contributed by atoms with Crippen molar-refractivity contribution in [2.75, 3.05) is 6.54 Å². The number of nitrogens with one attached hydrogen (secondary N) is 2. The van der Waals surface area contributed by atoms with Gasteiger partial charge in [0.15, 0.2) is 10.9 Å². The minimum Gasteiger partial charge on any atom is -0.362 e. The number of rotatable bonds is 4. The third kappa shape index (κ3) is 3.47. The zero-order valence-electron chi connectivity index (χ0n) is 8.62. The Balaban J connectivity index is 1.63. The van der Waals surface area contributed by atoms with Gasteiger partial charge in [-0.25, -0.2) is 0 Å². The average Bonchev–Trinajstić information content (AvgIpc) is 2.89. The highest BCUT2D eigenvalue weighted by atomic mass is 32.1. The smallest absolute Gasteiger partial charge is 0.228 e. The molecule has 0 aliphatic heterocycles. The van der Waals surface area contributed by atoms with E-state index in [1.165, 1.54) is 12.8 Å². The molecular weight excluding hydrogens is 212 g/mol. The number of nitrogens with zero attached hydrogens (tertiary/aromatic N) is 2. The molecule has 0 spiro atoms. The van der Waals surface area contributed by atoms with Crippen LogP contribution in [0.1, 0.15) is 24.6 Å². The van der Waals surface area contributed by atoms with Gasteiger partial charge in [0.2, 0.25) is 5.89 Å². The first-order chi connectivity index (χ1) is 7.24. The van der Waals surface area contributed by atoms with Crippen LogP contribution in [-0.2, 0) is 6.42 Å². The summed E-state index contributed by atoms with van der Waals surface area (Å²) in [6.45, 7) is 2.53. The third-order valence-corrected chi connectivity index (χ3v) is 2.37. The Bertz CT molecular complexity index is 348. The summed E-state index contributed by atoms with van der Waals surface area (Å²) in [5.41, 5.74) is 0. The quantitative estimate of drug-likeness (QED) is 0.731. The van der Waals surface area contributed by atoms with Crippen molar-refractivity contribution in [2.24, 2.45) is 0 Å². The van der Waals surface area contributed by atoms with E-state index in [0.717, 1.165) is 6.54 Å². The van der Waals surface area contributed by atoms with E-state index in [1.807, 2.05) is 0 Å². The Hall–Kier alpha value is -1.17. The van der Waals surface area contributed by atoms with Crippen LogP contribution < -0.4 is 10.6 Å². The predicted molar refractivity (Wildman–Crippen MR) is 59.5 cm³/mol. The Kier molecular flexibility index (Phi) is 3.15. The molecule has 0 amide bonds. The predicted octanol–water partition coefficient (Wildman–Crippen LogP) is 0.547. The number of hydrogen-bond donors (Lipinski definition) is 2. The molecule has 0 unspecified atom stereocenters. The molecular formula is C9H14N4OS. The van der Waals surface area contributed by atoms with Crippen LogP contribution in [0.3, 0.4) is 0 Å². The molecule has 0 atom stereocenters. The van der Waals surface area contributed by atoms with Gasteiger partial charge in [0.25, 0.3) is 0 Å². The van der Waals surface area contributed by atoms with E-state index in [0.29, 0.717) is 29.3 Å². The van der Waals surface area contributed by atoms with Gasteiger partial charge >= 0.3 is 0 Å². The van der Waals surface area contributed by atoms with Gasteiger partial charge in [-0.15, -0.1) is 0 Å². The number of aromatic nitrogens is 2. The van der Waals surface area contributed by atoms with Crippen LogP contribution >= 0.6 is 12.2 Å². The van der Waals surface area contributed by atoms with Crippen molar-refractivity contribution in [1.29, 1.82) is 0 Å². The van der Waals surface area contributed by atoms with Crippen molar-refractivity contribution in [2.45, 2.75) is 32.2 Å². The maximum atomic E-state index is 5.10. The minimum atomic E-state index is 0.593. The van der Waals surface area contributed by atoms with E-state index in [2.05, 4.69) is 20.8 Å². The first-order valence-corrected chi connectivity index (χ1v) is 5.48. The van der Waals surface area contributed by atoms with E-state index in [1.54, 1.807) is 6.92 Å². The fourth-order valence-electron chi connectivity index (χ4n) is 1.19. The van der Waals surface area contributed by atoms with Crippen LogP contribution in [0.4, 0.5) is 0 Å². The molecule has 2 rings (SSSR count). The lowest BCUT2D eigenvalue weighted by atomic mass is 10.4. The van der Waals surface area contributed by atoms with Crippen molar-refractivity contribution in [3.05, 3.63) is 11.7 Å². The summed E-state index contributed by atoms with van der Waals surface area (Å²) in [7, 11) is 0. The molecule has 1 aliphatic rings. The summed E-state index contributed by atoms with van der Waals surface area (Å²) in [4.78, 5) is 4.10. The summed E-state index contributed by atoms with van der Waals surface area (Å²) >= 11 is 5.10. The minimum absolute atomic E-state index is 0.593. The lowest BCUT2D eigenvalue weighted by molar-refractivity contribution is 0.374. The summed E-state index contributed by atoms with van der Waals surface area (Å²) in [5.74, 6) is 1.32. The van der Waals surface area contributed by atoms with Crippen molar-refractivity contribution in [3.63, 3.8) is 0 Å². The molecule has 1 aromatic heterocycles. The van der Waals surface area contributed by atoms with E-state index in [-0.39, 0.29) is 0 Å².